The van der Waals surface area contributed by atoms with Crippen molar-refractivity contribution in [3.63, 3.8) is 0 Å². The molecule has 3 aromatic heterocycles. The first-order valence-corrected chi connectivity index (χ1v) is 28.6. The smallest absolute Gasteiger partial charge is 0.247 e. The second-order valence-electron chi connectivity index (χ2n) is 21.3. The number of aliphatic hydroxyl groups excluding tert-OH is 1. The van der Waals surface area contributed by atoms with Crippen molar-refractivity contribution < 1.29 is 43.3 Å². The molecule has 1 aliphatic heterocycles. The summed E-state index contributed by atoms with van der Waals surface area (Å²) in [4.78, 5) is 77.9. The molecular formula is C61H75N11O9S. The number of rotatable bonds is 30. The summed E-state index contributed by atoms with van der Waals surface area (Å²) in [6, 6.07) is 28.2. The third-order valence-corrected chi connectivity index (χ3v) is 14.9. The summed E-state index contributed by atoms with van der Waals surface area (Å²) in [7, 11) is 0. The van der Waals surface area contributed by atoms with Gasteiger partial charge >= 0.3 is 0 Å². The number of likely N-dealkylation sites (tertiary alicyclic amines) is 1. The van der Waals surface area contributed by atoms with Gasteiger partial charge in [-0.25, -0.2) is 9.97 Å². The van der Waals surface area contributed by atoms with Crippen LogP contribution in [0.25, 0.3) is 21.6 Å². The van der Waals surface area contributed by atoms with Gasteiger partial charge < -0.3 is 50.8 Å². The summed E-state index contributed by atoms with van der Waals surface area (Å²) in [5.41, 5.74) is 8.17. The van der Waals surface area contributed by atoms with Crippen LogP contribution in [-0.2, 0) is 51.3 Å². The summed E-state index contributed by atoms with van der Waals surface area (Å²) in [6.45, 7) is 12.8. The molecule has 0 unspecified atom stereocenters. The monoisotopic (exact) mass is 1140 g/mol. The van der Waals surface area contributed by atoms with Crippen molar-refractivity contribution in [2.45, 2.75) is 104 Å². The molecule has 1 fully saturated rings. The van der Waals surface area contributed by atoms with Crippen molar-refractivity contribution >= 4 is 46.7 Å². The molecule has 1 saturated heterocycles. The van der Waals surface area contributed by atoms with Crippen molar-refractivity contribution in [1.82, 2.24) is 45.9 Å². The number of benzene rings is 3. The zero-order valence-corrected chi connectivity index (χ0v) is 48.1. The van der Waals surface area contributed by atoms with Gasteiger partial charge in [-0.3, -0.25) is 28.7 Å². The van der Waals surface area contributed by atoms with E-state index in [0.717, 1.165) is 44.0 Å². The number of ether oxygens (including phenoxy) is 3. The molecule has 0 spiro atoms. The first-order valence-electron chi connectivity index (χ1n) is 27.7. The van der Waals surface area contributed by atoms with Crippen LogP contribution in [0.3, 0.4) is 0 Å². The average Bonchev–Trinajstić information content (AvgIpc) is 4.38. The quantitative estimate of drug-likeness (QED) is 0.0264. The van der Waals surface area contributed by atoms with Gasteiger partial charge in [-0.2, -0.15) is 10.4 Å². The Morgan fingerprint density at radius 2 is 1.51 bits per heavy atom. The lowest BCUT2D eigenvalue weighted by atomic mass is 9.85. The predicted molar refractivity (Wildman–Crippen MR) is 312 cm³/mol. The summed E-state index contributed by atoms with van der Waals surface area (Å²) in [5.74, 6) is -1.02. The number of nitrogens with one attached hydrogen (secondary N) is 5. The van der Waals surface area contributed by atoms with E-state index in [1.165, 1.54) is 4.90 Å². The number of aliphatic hydroxyl groups is 1. The Labute approximate surface area is 483 Å². The molecule has 0 saturated carbocycles. The third kappa shape index (κ3) is 18.7. The van der Waals surface area contributed by atoms with Gasteiger partial charge in [-0.1, -0.05) is 94.4 Å². The first-order chi connectivity index (χ1) is 39.6. The van der Waals surface area contributed by atoms with Crippen LogP contribution in [0.2, 0.25) is 0 Å². The van der Waals surface area contributed by atoms with Gasteiger partial charge in [0.15, 0.2) is 0 Å². The molecule has 6 aromatic rings. The number of pyridine rings is 1. The molecule has 7 rings (SSSR count). The number of aromatic nitrogens is 4. The van der Waals surface area contributed by atoms with Gasteiger partial charge in [0.2, 0.25) is 29.5 Å². The molecule has 5 atom stereocenters. The molecule has 0 aliphatic carbocycles. The largest absolute Gasteiger partial charge is 0.391 e. The van der Waals surface area contributed by atoms with Crippen molar-refractivity contribution in [2.75, 3.05) is 64.6 Å². The van der Waals surface area contributed by atoms with Gasteiger partial charge in [-0.05, 0) is 71.2 Å². The fraction of sp³-hybridized carbons (Fsp3) is 0.426. The van der Waals surface area contributed by atoms with Crippen LogP contribution in [0.1, 0.15) is 93.3 Å². The molecule has 4 heterocycles. The number of aryl methyl sites for hydroxylation is 2. The zero-order valence-electron chi connectivity index (χ0n) is 47.3. The Morgan fingerprint density at radius 1 is 0.805 bits per heavy atom. The fourth-order valence-electron chi connectivity index (χ4n) is 9.25. The third-order valence-electron chi connectivity index (χ3n) is 13.9. The molecule has 20 nitrogen and oxygen atoms in total. The second-order valence-corrected chi connectivity index (χ2v) is 22.1. The van der Waals surface area contributed by atoms with Crippen LogP contribution in [-0.4, -0.2) is 137 Å². The van der Waals surface area contributed by atoms with Crippen molar-refractivity contribution in [3.05, 3.63) is 143 Å². The van der Waals surface area contributed by atoms with Gasteiger partial charge in [-0.15, -0.1) is 11.3 Å². The number of thiazole rings is 1. The van der Waals surface area contributed by atoms with E-state index in [1.807, 2.05) is 112 Å². The Hall–Kier alpha value is -7.71. The van der Waals surface area contributed by atoms with Crippen molar-refractivity contribution in [1.29, 1.82) is 5.26 Å². The maximum absolute atomic E-state index is 14.0. The highest BCUT2D eigenvalue weighted by Crippen LogP contribution is 2.29. The number of nitriles is 1. The minimum absolute atomic E-state index is 0.00559. The van der Waals surface area contributed by atoms with E-state index in [2.05, 4.69) is 54.6 Å². The Balaban J connectivity index is 0.711. The topological polar surface area (TPSA) is 264 Å². The van der Waals surface area contributed by atoms with Crippen molar-refractivity contribution in [3.8, 4) is 27.6 Å². The van der Waals surface area contributed by atoms with Gasteiger partial charge in [0, 0.05) is 75.5 Å². The minimum atomic E-state index is -0.947. The Kier molecular flexibility index (Phi) is 23.3. The lowest BCUT2D eigenvalue weighted by Gasteiger charge is -2.35. The summed E-state index contributed by atoms with van der Waals surface area (Å²) in [5, 5.41) is 39.2. The highest BCUT2D eigenvalue weighted by atomic mass is 32.1. The number of nitrogens with zero attached hydrogens (tertiary/aromatic N) is 6. The number of amides is 5. The number of carbonyl (C=O) groups excluding carboxylic acids is 5. The van der Waals surface area contributed by atoms with Gasteiger partial charge in [0.25, 0.3) is 0 Å². The highest BCUT2D eigenvalue weighted by Gasteiger charge is 2.44. The van der Waals surface area contributed by atoms with Crippen LogP contribution in [0.4, 0.5) is 5.82 Å². The number of hydrogen-bond donors (Lipinski definition) is 6. The van der Waals surface area contributed by atoms with E-state index in [0.29, 0.717) is 63.7 Å². The second kappa shape index (κ2) is 30.9. The van der Waals surface area contributed by atoms with E-state index in [-0.39, 0.29) is 75.3 Å². The average molecular weight is 1140 g/mol. The van der Waals surface area contributed by atoms with Crippen LogP contribution in [0, 0.1) is 23.7 Å². The zero-order chi connectivity index (χ0) is 58.4. The van der Waals surface area contributed by atoms with Gasteiger partial charge in [0.1, 0.15) is 23.9 Å². The standard InChI is InChI=1S/C61H75N11O9S/c1-41(45-17-13-43(33-62)14-18-45)34-65-55(46-10-7-6-8-11-46)59(77)69-52-22-21-48(36-64-52)49-37-68-71(38-49)25-9-12-53(74)63-24-27-80-29-31-81-30-28-79-26-23-54(75)70-57(61(3,4)5)60(78)72-39-50(73)32-51(72)58(76)66-35-44-15-19-47(20-16-44)56-42(2)67-40-82-56/h6-8,10-11,13-22,36-38,40-41,50-51,55,57,65,73H,9,12,23-32,34-35,39H2,1-5H3,(H,63,74)(H,66,76)(H,70,75)(H,64,69,77)/t41-,50+,51-,55-,57+/m1/s1. The molecule has 21 heteroatoms. The fourth-order valence-corrected chi connectivity index (χ4v) is 10.1. The van der Waals surface area contributed by atoms with Gasteiger partial charge in [0.05, 0.1) is 79.7 Å². The first kappa shape index (κ1) is 61.9. The summed E-state index contributed by atoms with van der Waals surface area (Å²) < 4.78 is 18.6. The van der Waals surface area contributed by atoms with E-state index in [4.69, 9.17) is 19.5 Å². The van der Waals surface area contributed by atoms with Crippen LogP contribution < -0.4 is 26.6 Å². The highest BCUT2D eigenvalue weighted by molar-refractivity contribution is 7.13. The van der Waals surface area contributed by atoms with Crippen LogP contribution >= 0.6 is 11.3 Å². The lowest BCUT2D eigenvalue weighted by Crippen LogP contribution is -2.57. The SMILES string of the molecule is Cc1ncsc1-c1ccc(CNC(=O)[C@H]2C[C@H](O)CN2C(=O)[C@H](NC(=O)CCOCCOCCOCCNC(=O)CCCn2cc(-c3ccc(NC(=O)[C@H](NC[C@@H](C)c4ccc(C#N)cc4)c4ccccc4)nc3)cn2)C(C)(C)C)cc1. The molecule has 5 amide bonds. The summed E-state index contributed by atoms with van der Waals surface area (Å²) >= 11 is 1.57. The van der Waals surface area contributed by atoms with E-state index < -0.39 is 35.6 Å². The van der Waals surface area contributed by atoms with E-state index in [1.54, 1.807) is 46.6 Å². The Morgan fingerprint density at radius 3 is 2.18 bits per heavy atom. The molecule has 0 bridgehead atoms. The molecule has 3 aromatic carbocycles. The Bertz CT molecular complexity index is 3050. The number of β-amino-alcohol motifs (C(OH)–C–C–N with tert-alkyl or cyclic N) is 1. The number of hydrogen-bond acceptors (Lipinski definition) is 15. The number of carbonyl (C=O) groups is 5. The molecule has 82 heavy (non-hydrogen) atoms. The summed E-state index contributed by atoms with van der Waals surface area (Å²) in [6.07, 6.45) is 5.44. The molecule has 6 N–H and O–H groups in total. The number of anilines is 1. The molecule has 434 valence electrons. The molecular weight excluding hydrogens is 1060 g/mol. The minimum Gasteiger partial charge on any atom is -0.391 e. The molecule has 0 radical (unpaired) electrons. The maximum Gasteiger partial charge on any atom is 0.247 e. The van der Waals surface area contributed by atoms with Crippen LogP contribution in [0.15, 0.2) is 115 Å². The van der Waals surface area contributed by atoms with Crippen LogP contribution in [0.5, 0.6) is 0 Å². The lowest BCUT2D eigenvalue weighted by molar-refractivity contribution is -0.144. The predicted octanol–water partition coefficient (Wildman–Crippen LogP) is 6.47. The normalized spacial score (nSPS) is 15.3. The van der Waals surface area contributed by atoms with Crippen molar-refractivity contribution in [2.24, 2.45) is 5.41 Å². The van der Waals surface area contributed by atoms with E-state index >= 15 is 0 Å². The maximum atomic E-state index is 14.0. The van der Waals surface area contributed by atoms with E-state index in [9.17, 15) is 29.1 Å². The molecule has 1 aliphatic rings.